The highest BCUT2D eigenvalue weighted by molar-refractivity contribution is 8.00. The molecular weight excluding hydrogens is 227 g/mol. The van der Waals surface area contributed by atoms with E-state index in [-0.39, 0.29) is 29.8 Å². The van der Waals surface area contributed by atoms with Gasteiger partial charge in [-0.2, -0.15) is 13.2 Å². The number of hydrogen-bond donors (Lipinski definition) is 0. The minimum absolute atomic E-state index is 0.0799. The number of rotatable bonds is 4. The Morgan fingerprint density at radius 2 is 2.20 bits per heavy atom. The Hall–Kier alpha value is -0.910. The minimum Gasteiger partial charge on any atom is -0.344 e. The van der Waals surface area contributed by atoms with E-state index in [0.29, 0.717) is 5.69 Å². The van der Waals surface area contributed by atoms with Crippen LogP contribution in [0.4, 0.5) is 13.2 Å². The summed E-state index contributed by atoms with van der Waals surface area (Å²) in [7, 11) is 0. The topological polar surface area (TPSA) is 22.0 Å². The van der Waals surface area contributed by atoms with Crippen molar-refractivity contribution in [2.45, 2.75) is 19.0 Å². The van der Waals surface area contributed by atoms with Crippen LogP contribution in [-0.4, -0.2) is 21.6 Å². The number of carbonyl (C=O) groups is 1. The molecule has 15 heavy (non-hydrogen) atoms. The summed E-state index contributed by atoms with van der Waals surface area (Å²) in [5, 5.41) is 0. The molecule has 1 aromatic heterocycles. The molecule has 0 bridgehead atoms. The highest BCUT2D eigenvalue weighted by Crippen LogP contribution is 2.30. The third-order valence-corrected chi connectivity index (χ3v) is 2.50. The highest BCUT2D eigenvalue weighted by atomic mass is 32.2. The van der Waals surface area contributed by atoms with E-state index < -0.39 is 5.51 Å². The third-order valence-electron chi connectivity index (χ3n) is 1.79. The Morgan fingerprint density at radius 1 is 1.53 bits per heavy atom. The monoisotopic (exact) mass is 237 g/mol. The summed E-state index contributed by atoms with van der Waals surface area (Å²) in [6.07, 6.45) is 1.60. The van der Waals surface area contributed by atoms with E-state index in [9.17, 15) is 18.0 Å². The van der Waals surface area contributed by atoms with Crippen LogP contribution in [0.25, 0.3) is 0 Å². The SMILES string of the molecule is CC(=O)c1cccn1CCSC(F)(F)F. The summed E-state index contributed by atoms with van der Waals surface area (Å²) in [6.45, 7) is 1.58. The zero-order valence-electron chi connectivity index (χ0n) is 8.04. The van der Waals surface area contributed by atoms with E-state index in [1.807, 2.05) is 0 Å². The van der Waals surface area contributed by atoms with Gasteiger partial charge >= 0.3 is 5.51 Å². The number of halogens is 3. The first-order valence-electron chi connectivity index (χ1n) is 4.27. The van der Waals surface area contributed by atoms with E-state index in [1.165, 1.54) is 11.5 Å². The van der Waals surface area contributed by atoms with Crippen LogP contribution in [0.1, 0.15) is 17.4 Å². The van der Waals surface area contributed by atoms with Crippen molar-refractivity contribution in [1.29, 1.82) is 0 Å². The lowest BCUT2D eigenvalue weighted by Gasteiger charge is -2.08. The second-order valence-corrected chi connectivity index (χ2v) is 4.10. The molecule has 0 aliphatic rings. The van der Waals surface area contributed by atoms with Crippen molar-refractivity contribution in [3.05, 3.63) is 24.0 Å². The number of aryl methyl sites for hydroxylation is 1. The normalized spacial score (nSPS) is 11.7. The van der Waals surface area contributed by atoms with Crippen LogP contribution in [0.2, 0.25) is 0 Å². The van der Waals surface area contributed by atoms with Crippen molar-refractivity contribution in [1.82, 2.24) is 4.57 Å². The number of alkyl halides is 3. The van der Waals surface area contributed by atoms with E-state index in [4.69, 9.17) is 0 Å². The van der Waals surface area contributed by atoms with Crippen molar-refractivity contribution >= 4 is 17.5 Å². The van der Waals surface area contributed by atoms with Gasteiger partial charge in [-0.05, 0) is 23.9 Å². The molecule has 2 nitrogen and oxygen atoms in total. The summed E-state index contributed by atoms with van der Waals surface area (Å²) in [4.78, 5) is 11.0. The molecule has 0 saturated heterocycles. The average molecular weight is 237 g/mol. The maximum Gasteiger partial charge on any atom is 0.441 e. The summed E-state index contributed by atoms with van der Waals surface area (Å²) in [5.41, 5.74) is -3.76. The summed E-state index contributed by atoms with van der Waals surface area (Å²) >= 11 is -0.0799. The first kappa shape index (κ1) is 12.2. The molecule has 0 aromatic carbocycles. The minimum atomic E-state index is -4.20. The van der Waals surface area contributed by atoms with Gasteiger partial charge in [-0.1, -0.05) is 0 Å². The lowest BCUT2D eigenvalue weighted by Crippen LogP contribution is -2.10. The Labute approximate surface area is 89.5 Å². The predicted molar refractivity (Wildman–Crippen MR) is 52.9 cm³/mol. The molecule has 6 heteroatoms. The van der Waals surface area contributed by atoms with Crippen LogP contribution in [0.5, 0.6) is 0 Å². The molecule has 0 saturated carbocycles. The van der Waals surface area contributed by atoms with Gasteiger partial charge in [-0.25, -0.2) is 0 Å². The summed E-state index contributed by atoms with van der Waals surface area (Å²) in [6, 6.07) is 3.25. The molecule has 0 atom stereocenters. The molecule has 0 spiro atoms. The van der Waals surface area contributed by atoms with Gasteiger partial charge in [0.1, 0.15) is 0 Å². The molecule has 1 aromatic rings. The van der Waals surface area contributed by atoms with Gasteiger partial charge < -0.3 is 4.57 Å². The Kier molecular flexibility index (Phi) is 3.84. The Balaban J connectivity index is 2.51. The van der Waals surface area contributed by atoms with Gasteiger partial charge in [0, 0.05) is 25.4 Å². The van der Waals surface area contributed by atoms with E-state index >= 15 is 0 Å². The fourth-order valence-electron chi connectivity index (χ4n) is 1.19. The Morgan fingerprint density at radius 3 is 2.73 bits per heavy atom. The molecule has 0 aliphatic carbocycles. The maximum absolute atomic E-state index is 11.8. The van der Waals surface area contributed by atoms with E-state index in [1.54, 1.807) is 18.3 Å². The number of aromatic nitrogens is 1. The highest BCUT2D eigenvalue weighted by Gasteiger charge is 2.27. The van der Waals surface area contributed by atoms with Gasteiger partial charge in [0.15, 0.2) is 5.78 Å². The van der Waals surface area contributed by atoms with E-state index in [2.05, 4.69) is 0 Å². The van der Waals surface area contributed by atoms with E-state index in [0.717, 1.165) is 0 Å². The number of hydrogen-bond acceptors (Lipinski definition) is 2. The molecule has 1 heterocycles. The van der Waals surface area contributed by atoms with Crippen molar-refractivity contribution in [2.24, 2.45) is 0 Å². The largest absolute Gasteiger partial charge is 0.441 e. The first-order valence-corrected chi connectivity index (χ1v) is 5.25. The molecule has 0 fully saturated rings. The summed E-state index contributed by atoms with van der Waals surface area (Å²) < 4.78 is 37.0. The first-order chi connectivity index (χ1) is 6.90. The van der Waals surface area contributed by atoms with Crippen LogP contribution in [0, 0.1) is 0 Å². The quantitative estimate of drug-likeness (QED) is 0.751. The number of carbonyl (C=O) groups excluding carboxylic acids is 1. The molecule has 0 N–H and O–H groups in total. The number of Topliss-reactive ketones (excluding diaryl/α,β-unsaturated/α-hetero) is 1. The molecule has 1 rings (SSSR count). The van der Waals surface area contributed by atoms with Gasteiger partial charge in [0.25, 0.3) is 0 Å². The fourth-order valence-corrected chi connectivity index (χ4v) is 1.71. The maximum atomic E-state index is 11.8. The van der Waals surface area contributed by atoms with Crippen molar-refractivity contribution < 1.29 is 18.0 Å². The van der Waals surface area contributed by atoms with Gasteiger partial charge in [-0.3, -0.25) is 4.79 Å². The Bertz CT molecular complexity index is 345. The smallest absolute Gasteiger partial charge is 0.344 e. The third kappa shape index (κ3) is 3.99. The number of thioether (sulfide) groups is 1. The van der Waals surface area contributed by atoms with Crippen molar-refractivity contribution in [2.75, 3.05) is 5.75 Å². The number of nitrogens with zero attached hydrogens (tertiary/aromatic N) is 1. The molecule has 84 valence electrons. The summed E-state index contributed by atoms with van der Waals surface area (Å²) in [5.74, 6) is -0.227. The van der Waals surface area contributed by atoms with Crippen molar-refractivity contribution in [3.63, 3.8) is 0 Å². The zero-order chi connectivity index (χ0) is 11.5. The molecule has 0 radical (unpaired) electrons. The lowest BCUT2D eigenvalue weighted by atomic mass is 10.3. The second-order valence-electron chi connectivity index (χ2n) is 2.94. The van der Waals surface area contributed by atoms with Gasteiger partial charge in [0.2, 0.25) is 0 Å². The van der Waals surface area contributed by atoms with Gasteiger partial charge in [-0.15, -0.1) is 0 Å². The number of ketones is 1. The van der Waals surface area contributed by atoms with Crippen LogP contribution >= 0.6 is 11.8 Å². The van der Waals surface area contributed by atoms with Crippen LogP contribution in [0.15, 0.2) is 18.3 Å². The van der Waals surface area contributed by atoms with Crippen molar-refractivity contribution in [3.8, 4) is 0 Å². The molecule has 0 aliphatic heterocycles. The molecule has 0 amide bonds. The predicted octanol–water partition coefficient (Wildman–Crippen LogP) is 2.94. The van der Waals surface area contributed by atoms with Gasteiger partial charge in [0.05, 0.1) is 5.69 Å². The lowest BCUT2D eigenvalue weighted by molar-refractivity contribution is -0.0328. The van der Waals surface area contributed by atoms with Crippen LogP contribution in [0.3, 0.4) is 0 Å². The second kappa shape index (κ2) is 4.74. The van der Waals surface area contributed by atoms with Crippen LogP contribution < -0.4 is 0 Å². The molecular formula is C9H10F3NOS. The average Bonchev–Trinajstić information content (AvgIpc) is 2.49. The standard InChI is InChI=1S/C9H10F3NOS/c1-7(14)8-3-2-4-13(8)5-6-15-9(10,11)12/h2-4H,5-6H2,1H3. The molecule has 0 unspecified atom stereocenters. The van der Waals surface area contributed by atoms with Crippen LogP contribution in [-0.2, 0) is 6.54 Å². The fraction of sp³-hybridized carbons (Fsp3) is 0.444. The zero-order valence-corrected chi connectivity index (χ0v) is 8.86.